The van der Waals surface area contributed by atoms with Gasteiger partial charge in [0.25, 0.3) is 0 Å². The van der Waals surface area contributed by atoms with Crippen molar-refractivity contribution < 1.29 is 9.47 Å². The maximum atomic E-state index is 6.01. The Morgan fingerprint density at radius 1 is 1.15 bits per heavy atom. The van der Waals surface area contributed by atoms with E-state index in [0.717, 1.165) is 51.5 Å². The molecule has 1 aromatic rings. The molecule has 0 bridgehead atoms. The van der Waals surface area contributed by atoms with Gasteiger partial charge in [-0.2, -0.15) is 0 Å². The van der Waals surface area contributed by atoms with Crippen LogP contribution in [-0.4, -0.2) is 48.5 Å². The van der Waals surface area contributed by atoms with E-state index >= 15 is 0 Å². The molecule has 2 aliphatic heterocycles. The smallest absolute Gasteiger partial charge is 0.225 e. The SMILES string of the molecule is c1cnc(N2CCC(OC[C@H]3CCCCO3)CC2)nc1. The minimum Gasteiger partial charge on any atom is -0.376 e. The van der Waals surface area contributed by atoms with E-state index < -0.39 is 0 Å². The minimum absolute atomic E-state index is 0.319. The predicted molar refractivity (Wildman–Crippen MR) is 76.8 cm³/mol. The lowest BCUT2D eigenvalue weighted by Crippen LogP contribution is -2.39. The molecule has 0 saturated carbocycles. The number of hydrogen-bond donors (Lipinski definition) is 0. The molecular formula is C15H23N3O2. The molecule has 0 radical (unpaired) electrons. The zero-order chi connectivity index (χ0) is 13.6. The highest BCUT2D eigenvalue weighted by Gasteiger charge is 2.23. The number of piperidine rings is 1. The molecular weight excluding hydrogens is 254 g/mol. The highest BCUT2D eigenvalue weighted by Crippen LogP contribution is 2.19. The summed E-state index contributed by atoms with van der Waals surface area (Å²) in [5.74, 6) is 0.835. The summed E-state index contributed by atoms with van der Waals surface area (Å²) >= 11 is 0. The fourth-order valence-electron chi connectivity index (χ4n) is 2.86. The van der Waals surface area contributed by atoms with Crippen molar-refractivity contribution in [2.45, 2.75) is 44.3 Å². The van der Waals surface area contributed by atoms with Crippen molar-refractivity contribution in [2.75, 3.05) is 31.2 Å². The molecule has 0 spiro atoms. The summed E-state index contributed by atoms with van der Waals surface area (Å²) in [7, 11) is 0. The van der Waals surface area contributed by atoms with E-state index in [1.165, 1.54) is 12.8 Å². The quantitative estimate of drug-likeness (QED) is 0.842. The Morgan fingerprint density at radius 2 is 1.95 bits per heavy atom. The van der Waals surface area contributed by atoms with Crippen molar-refractivity contribution in [3.8, 4) is 0 Å². The largest absolute Gasteiger partial charge is 0.376 e. The average Bonchev–Trinajstić information content (AvgIpc) is 2.55. The van der Waals surface area contributed by atoms with Crippen LogP contribution in [0.1, 0.15) is 32.1 Å². The molecule has 2 fully saturated rings. The van der Waals surface area contributed by atoms with Gasteiger partial charge >= 0.3 is 0 Å². The first-order valence-electron chi connectivity index (χ1n) is 7.67. The molecule has 1 aromatic heterocycles. The lowest BCUT2D eigenvalue weighted by molar-refractivity contribution is -0.0672. The van der Waals surface area contributed by atoms with Crippen LogP contribution in [0.25, 0.3) is 0 Å². The van der Waals surface area contributed by atoms with Gasteiger partial charge in [0.2, 0.25) is 5.95 Å². The molecule has 3 rings (SSSR count). The number of hydrogen-bond acceptors (Lipinski definition) is 5. The van der Waals surface area contributed by atoms with Crippen LogP contribution < -0.4 is 4.90 Å². The number of anilines is 1. The number of ether oxygens (including phenoxy) is 2. The molecule has 2 aliphatic rings. The van der Waals surface area contributed by atoms with Crippen LogP contribution in [0.2, 0.25) is 0 Å². The molecule has 0 unspecified atom stereocenters. The van der Waals surface area contributed by atoms with Gasteiger partial charge in [-0.1, -0.05) is 0 Å². The third-order valence-corrected chi connectivity index (χ3v) is 4.07. The van der Waals surface area contributed by atoms with Gasteiger partial charge in [0.1, 0.15) is 0 Å². The summed E-state index contributed by atoms with van der Waals surface area (Å²) in [6.07, 6.45) is 9.99. The van der Waals surface area contributed by atoms with Crippen molar-refractivity contribution in [1.82, 2.24) is 9.97 Å². The molecule has 3 heterocycles. The first kappa shape index (κ1) is 13.8. The van der Waals surface area contributed by atoms with Crippen LogP contribution in [0.4, 0.5) is 5.95 Å². The van der Waals surface area contributed by atoms with E-state index in [9.17, 15) is 0 Å². The molecule has 0 amide bonds. The van der Waals surface area contributed by atoms with Gasteiger partial charge in [0.15, 0.2) is 0 Å². The highest BCUT2D eigenvalue weighted by atomic mass is 16.5. The van der Waals surface area contributed by atoms with Crippen molar-refractivity contribution >= 4 is 5.95 Å². The fraction of sp³-hybridized carbons (Fsp3) is 0.733. The number of aromatic nitrogens is 2. The fourth-order valence-corrected chi connectivity index (χ4v) is 2.86. The first-order chi connectivity index (χ1) is 9.92. The third kappa shape index (κ3) is 3.67. The number of nitrogens with zero attached hydrogens (tertiary/aromatic N) is 3. The molecule has 0 aliphatic carbocycles. The van der Waals surface area contributed by atoms with Gasteiger partial charge in [-0.25, -0.2) is 9.97 Å². The highest BCUT2D eigenvalue weighted by molar-refractivity contribution is 5.28. The molecule has 110 valence electrons. The van der Waals surface area contributed by atoms with Crippen LogP contribution in [0.15, 0.2) is 18.5 Å². The maximum absolute atomic E-state index is 6.01. The lowest BCUT2D eigenvalue weighted by Gasteiger charge is -2.33. The second-order valence-electron chi connectivity index (χ2n) is 5.56. The van der Waals surface area contributed by atoms with E-state index in [4.69, 9.17) is 9.47 Å². The zero-order valence-corrected chi connectivity index (χ0v) is 11.9. The first-order valence-corrected chi connectivity index (χ1v) is 7.67. The van der Waals surface area contributed by atoms with Gasteiger partial charge in [-0.15, -0.1) is 0 Å². The summed E-state index contributed by atoms with van der Waals surface area (Å²) in [5, 5.41) is 0. The summed E-state index contributed by atoms with van der Waals surface area (Å²) < 4.78 is 11.7. The van der Waals surface area contributed by atoms with E-state index in [1.807, 2.05) is 6.07 Å². The summed E-state index contributed by atoms with van der Waals surface area (Å²) in [6.45, 7) is 3.60. The molecule has 0 aromatic carbocycles. The normalized spacial score (nSPS) is 24.8. The zero-order valence-electron chi connectivity index (χ0n) is 11.9. The van der Waals surface area contributed by atoms with Crippen LogP contribution in [0, 0.1) is 0 Å². The summed E-state index contributed by atoms with van der Waals surface area (Å²) in [5.41, 5.74) is 0. The van der Waals surface area contributed by atoms with Crippen molar-refractivity contribution in [1.29, 1.82) is 0 Å². The van der Waals surface area contributed by atoms with Crippen LogP contribution >= 0.6 is 0 Å². The van der Waals surface area contributed by atoms with E-state index in [-0.39, 0.29) is 0 Å². The van der Waals surface area contributed by atoms with E-state index in [2.05, 4.69) is 14.9 Å². The Kier molecular flexibility index (Phi) is 4.82. The topological polar surface area (TPSA) is 47.5 Å². The van der Waals surface area contributed by atoms with E-state index in [0.29, 0.717) is 12.2 Å². The van der Waals surface area contributed by atoms with Crippen molar-refractivity contribution in [2.24, 2.45) is 0 Å². The molecule has 5 nitrogen and oxygen atoms in total. The molecule has 2 saturated heterocycles. The van der Waals surface area contributed by atoms with E-state index in [1.54, 1.807) is 12.4 Å². The summed E-state index contributed by atoms with van der Waals surface area (Å²) in [4.78, 5) is 10.8. The molecule has 20 heavy (non-hydrogen) atoms. The third-order valence-electron chi connectivity index (χ3n) is 4.07. The molecule has 5 heteroatoms. The molecule has 1 atom stereocenters. The Balaban J connectivity index is 1.40. The van der Waals surface area contributed by atoms with Gasteiger partial charge in [-0.05, 0) is 38.2 Å². The maximum Gasteiger partial charge on any atom is 0.225 e. The number of rotatable bonds is 4. The predicted octanol–water partition coefficient (Wildman–Crippen LogP) is 2.03. The monoisotopic (exact) mass is 277 g/mol. The Labute approximate surface area is 120 Å². The van der Waals surface area contributed by atoms with Gasteiger partial charge in [-0.3, -0.25) is 0 Å². The Morgan fingerprint density at radius 3 is 2.65 bits per heavy atom. The van der Waals surface area contributed by atoms with Crippen LogP contribution in [0.3, 0.4) is 0 Å². The summed E-state index contributed by atoms with van der Waals surface area (Å²) in [6, 6.07) is 1.85. The van der Waals surface area contributed by atoms with Crippen LogP contribution in [-0.2, 0) is 9.47 Å². The van der Waals surface area contributed by atoms with Crippen molar-refractivity contribution in [3.63, 3.8) is 0 Å². The minimum atomic E-state index is 0.319. The Bertz CT molecular complexity index is 387. The average molecular weight is 277 g/mol. The van der Waals surface area contributed by atoms with Gasteiger partial charge < -0.3 is 14.4 Å². The molecule has 0 N–H and O–H groups in total. The Hall–Kier alpha value is -1.20. The van der Waals surface area contributed by atoms with Crippen LogP contribution in [0.5, 0.6) is 0 Å². The van der Waals surface area contributed by atoms with Crippen molar-refractivity contribution in [3.05, 3.63) is 18.5 Å². The second kappa shape index (κ2) is 6.99. The van der Waals surface area contributed by atoms with Gasteiger partial charge in [0, 0.05) is 32.1 Å². The standard InChI is InChI=1S/C15H23N3O2/c1-2-11-19-14(4-1)12-20-13-5-9-18(10-6-13)15-16-7-3-8-17-15/h3,7-8,13-14H,1-2,4-6,9-12H2/t14-/m1/s1. The van der Waals surface area contributed by atoms with Gasteiger partial charge in [0.05, 0.1) is 18.8 Å². The lowest BCUT2D eigenvalue weighted by atomic mass is 10.1. The second-order valence-corrected chi connectivity index (χ2v) is 5.56.